The first kappa shape index (κ1) is 12.6. The van der Waals surface area contributed by atoms with Crippen molar-refractivity contribution in [3.63, 3.8) is 0 Å². The maximum atomic E-state index is 9.64. The zero-order valence-corrected chi connectivity index (χ0v) is 10.8. The molecular weight excluding hydrogens is 214 g/mol. The van der Waals surface area contributed by atoms with Crippen molar-refractivity contribution >= 4 is 0 Å². The van der Waals surface area contributed by atoms with Crippen LogP contribution in [-0.2, 0) is 13.5 Å². The Balaban J connectivity index is 1.78. The molecule has 0 bridgehead atoms. The number of hydrogen-bond acceptors (Lipinski definition) is 3. The predicted molar refractivity (Wildman–Crippen MR) is 67.8 cm³/mol. The second-order valence-corrected chi connectivity index (χ2v) is 5.20. The van der Waals surface area contributed by atoms with Gasteiger partial charge in [-0.25, -0.2) is 0 Å². The standard InChI is InChI=1S/C13H23N3O/c1-3-13(17)10-16-5-4-11(9-16)6-12-7-14-15(2)8-12/h7-8,11,13,17H,3-6,9-10H2,1-2H3. The molecular formula is C13H23N3O. The van der Waals surface area contributed by atoms with E-state index in [1.165, 1.54) is 12.0 Å². The van der Waals surface area contributed by atoms with E-state index in [-0.39, 0.29) is 6.10 Å². The van der Waals surface area contributed by atoms with Gasteiger partial charge in [0.05, 0.1) is 12.3 Å². The fourth-order valence-corrected chi connectivity index (χ4v) is 2.58. The van der Waals surface area contributed by atoms with Crippen molar-refractivity contribution < 1.29 is 5.11 Å². The van der Waals surface area contributed by atoms with Gasteiger partial charge in [0.25, 0.3) is 0 Å². The van der Waals surface area contributed by atoms with Crippen molar-refractivity contribution in [3.8, 4) is 0 Å². The third-order valence-electron chi connectivity index (χ3n) is 3.59. The molecule has 0 saturated carbocycles. The summed E-state index contributed by atoms with van der Waals surface area (Å²) in [6.07, 6.45) is 7.11. The largest absolute Gasteiger partial charge is 0.392 e. The average Bonchev–Trinajstić information content (AvgIpc) is 2.89. The highest BCUT2D eigenvalue weighted by Crippen LogP contribution is 2.20. The van der Waals surface area contributed by atoms with E-state index in [4.69, 9.17) is 0 Å². The number of aliphatic hydroxyl groups excluding tert-OH is 1. The molecule has 4 heteroatoms. The summed E-state index contributed by atoms with van der Waals surface area (Å²) in [4.78, 5) is 2.38. The van der Waals surface area contributed by atoms with Crippen LogP contribution in [0.3, 0.4) is 0 Å². The second-order valence-electron chi connectivity index (χ2n) is 5.20. The highest BCUT2D eigenvalue weighted by Gasteiger charge is 2.24. The zero-order chi connectivity index (χ0) is 12.3. The molecule has 0 radical (unpaired) electrons. The van der Waals surface area contributed by atoms with Crippen LogP contribution >= 0.6 is 0 Å². The van der Waals surface area contributed by atoms with Crippen LogP contribution in [0.15, 0.2) is 12.4 Å². The van der Waals surface area contributed by atoms with Crippen molar-refractivity contribution in [2.24, 2.45) is 13.0 Å². The molecule has 1 aromatic rings. The fourth-order valence-electron chi connectivity index (χ4n) is 2.58. The number of rotatable bonds is 5. The maximum absolute atomic E-state index is 9.64. The van der Waals surface area contributed by atoms with Gasteiger partial charge in [0, 0.05) is 26.3 Å². The molecule has 0 aliphatic carbocycles. The minimum atomic E-state index is -0.160. The number of aromatic nitrogens is 2. The van der Waals surface area contributed by atoms with E-state index in [1.54, 1.807) is 0 Å². The number of aryl methyl sites for hydroxylation is 1. The van der Waals surface area contributed by atoms with Gasteiger partial charge in [0.15, 0.2) is 0 Å². The molecule has 17 heavy (non-hydrogen) atoms. The van der Waals surface area contributed by atoms with E-state index >= 15 is 0 Å². The lowest BCUT2D eigenvalue weighted by Gasteiger charge is -2.18. The summed E-state index contributed by atoms with van der Waals surface area (Å²) < 4.78 is 1.86. The fraction of sp³-hybridized carbons (Fsp3) is 0.769. The quantitative estimate of drug-likeness (QED) is 0.832. The van der Waals surface area contributed by atoms with Crippen LogP contribution in [0.5, 0.6) is 0 Å². The van der Waals surface area contributed by atoms with Gasteiger partial charge in [-0.05, 0) is 37.3 Å². The van der Waals surface area contributed by atoms with Crippen molar-refractivity contribution in [2.75, 3.05) is 19.6 Å². The summed E-state index contributed by atoms with van der Waals surface area (Å²) in [5, 5.41) is 13.8. The lowest BCUT2D eigenvalue weighted by atomic mass is 10.0. The van der Waals surface area contributed by atoms with Gasteiger partial charge in [0.1, 0.15) is 0 Å². The van der Waals surface area contributed by atoms with Gasteiger partial charge in [-0.15, -0.1) is 0 Å². The SMILES string of the molecule is CCC(O)CN1CCC(Cc2cnn(C)c2)C1. The third-order valence-corrected chi connectivity index (χ3v) is 3.59. The molecule has 1 fully saturated rings. The lowest BCUT2D eigenvalue weighted by molar-refractivity contribution is 0.120. The zero-order valence-electron chi connectivity index (χ0n) is 10.8. The number of β-amino-alcohol motifs (C(OH)–C–C–N with tert-alkyl or cyclic N) is 1. The summed E-state index contributed by atoms with van der Waals surface area (Å²) in [7, 11) is 1.96. The molecule has 0 spiro atoms. The van der Waals surface area contributed by atoms with Crippen LogP contribution in [0.2, 0.25) is 0 Å². The molecule has 1 aliphatic rings. The minimum absolute atomic E-state index is 0.160. The van der Waals surface area contributed by atoms with Crippen molar-refractivity contribution in [2.45, 2.75) is 32.3 Å². The molecule has 1 aliphatic heterocycles. The Labute approximate surface area is 103 Å². The van der Waals surface area contributed by atoms with E-state index in [9.17, 15) is 5.11 Å². The van der Waals surface area contributed by atoms with Gasteiger partial charge in [-0.2, -0.15) is 5.10 Å². The molecule has 0 amide bonds. The maximum Gasteiger partial charge on any atom is 0.0664 e. The molecule has 2 heterocycles. The van der Waals surface area contributed by atoms with Gasteiger partial charge in [0.2, 0.25) is 0 Å². The van der Waals surface area contributed by atoms with Crippen LogP contribution in [0, 0.1) is 5.92 Å². The minimum Gasteiger partial charge on any atom is -0.392 e. The topological polar surface area (TPSA) is 41.3 Å². The Morgan fingerprint density at radius 1 is 1.59 bits per heavy atom. The molecule has 1 N–H and O–H groups in total. The van der Waals surface area contributed by atoms with Crippen LogP contribution in [0.1, 0.15) is 25.3 Å². The van der Waals surface area contributed by atoms with E-state index < -0.39 is 0 Å². The van der Waals surface area contributed by atoms with E-state index in [0.717, 1.165) is 38.4 Å². The van der Waals surface area contributed by atoms with Gasteiger partial charge in [-0.3, -0.25) is 4.68 Å². The first-order chi connectivity index (χ1) is 8.17. The first-order valence-electron chi connectivity index (χ1n) is 6.55. The van der Waals surface area contributed by atoms with E-state index in [0.29, 0.717) is 0 Å². The van der Waals surface area contributed by atoms with Crippen molar-refractivity contribution in [1.82, 2.24) is 14.7 Å². The molecule has 96 valence electrons. The third kappa shape index (κ3) is 3.54. The van der Waals surface area contributed by atoms with Crippen LogP contribution in [0.4, 0.5) is 0 Å². The van der Waals surface area contributed by atoms with E-state index in [2.05, 4.69) is 16.2 Å². The number of hydrogen-bond donors (Lipinski definition) is 1. The normalized spacial score (nSPS) is 23.1. The molecule has 4 nitrogen and oxygen atoms in total. The Bertz CT molecular complexity index is 350. The molecule has 2 unspecified atom stereocenters. The average molecular weight is 237 g/mol. The summed E-state index contributed by atoms with van der Waals surface area (Å²) >= 11 is 0. The smallest absolute Gasteiger partial charge is 0.0664 e. The van der Waals surface area contributed by atoms with Gasteiger partial charge < -0.3 is 10.0 Å². The summed E-state index contributed by atoms with van der Waals surface area (Å²) in [5.74, 6) is 0.725. The van der Waals surface area contributed by atoms with E-state index in [1.807, 2.05) is 24.9 Å². The van der Waals surface area contributed by atoms with Gasteiger partial charge in [-0.1, -0.05) is 6.92 Å². The second kappa shape index (κ2) is 5.65. The molecule has 2 atom stereocenters. The monoisotopic (exact) mass is 237 g/mol. The molecule has 2 rings (SSSR count). The Morgan fingerprint density at radius 2 is 2.41 bits per heavy atom. The van der Waals surface area contributed by atoms with Crippen molar-refractivity contribution in [1.29, 1.82) is 0 Å². The number of likely N-dealkylation sites (tertiary alicyclic amines) is 1. The molecule has 0 aromatic carbocycles. The Morgan fingerprint density at radius 3 is 3.06 bits per heavy atom. The molecule has 1 aromatic heterocycles. The Kier molecular flexibility index (Phi) is 4.18. The number of aliphatic hydroxyl groups is 1. The summed E-state index contributed by atoms with van der Waals surface area (Å²) in [6, 6.07) is 0. The van der Waals surface area contributed by atoms with Crippen LogP contribution < -0.4 is 0 Å². The van der Waals surface area contributed by atoms with Crippen LogP contribution in [-0.4, -0.2) is 45.5 Å². The lowest BCUT2D eigenvalue weighted by Crippen LogP contribution is -2.30. The summed E-state index contributed by atoms with van der Waals surface area (Å²) in [6.45, 7) is 5.11. The van der Waals surface area contributed by atoms with Crippen LogP contribution in [0.25, 0.3) is 0 Å². The Hall–Kier alpha value is -0.870. The first-order valence-corrected chi connectivity index (χ1v) is 6.55. The predicted octanol–water partition coefficient (Wildman–Crippen LogP) is 1.06. The number of nitrogens with zero attached hydrogens (tertiary/aromatic N) is 3. The highest BCUT2D eigenvalue weighted by molar-refractivity contribution is 5.05. The molecule has 1 saturated heterocycles. The summed E-state index contributed by atoms with van der Waals surface area (Å²) in [5.41, 5.74) is 1.33. The highest BCUT2D eigenvalue weighted by atomic mass is 16.3. The van der Waals surface area contributed by atoms with Gasteiger partial charge >= 0.3 is 0 Å². The van der Waals surface area contributed by atoms with Crippen molar-refractivity contribution in [3.05, 3.63) is 18.0 Å².